The Kier molecular flexibility index (Phi) is 16.9. The van der Waals surface area contributed by atoms with Gasteiger partial charge in [-0.05, 0) is 39.0 Å². The van der Waals surface area contributed by atoms with Gasteiger partial charge in [0, 0.05) is 13.0 Å². The van der Waals surface area contributed by atoms with Crippen LogP contribution in [0.1, 0.15) is 59.8 Å². The third-order valence-corrected chi connectivity index (χ3v) is 7.01. The zero-order chi connectivity index (χ0) is 36.7. The van der Waals surface area contributed by atoms with Crippen molar-refractivity contribution in [3.63, 3.8) is 0 Å². The summed E-state index contributed by atoms with van der Waals surface area (Å²) in [6, 6.07) is -7.80. The van der Waals surface area contributed by atoms with Gasteiger partial charge in [-0.1, -0.05) is 13.8 Å². The molecule has 0 radical (unpaired) electrons. The van der Waals surface area contributed by atoms with Crippen LogP contribution in [0.5, 0.6) is 0 Å². The number of aliphatic hydroxyl groups excluding tert-OH is 1. The molecular weight excluding hydrogens is 640 g/mol. The van der Waals surface area contributed by atoms with Crippen LogP contribution in [0.25, 0.3) is 0 Å². The minimum Gasteiger partial charge on any atom is -0.481 e. The quantitative estimate of drug-likeness (QED) is 0.0573. The number of nitrogens with one attached hydrogen (secondary N) is 7. The Morgan fingerprint density at radius 2 is 1.33 bits per heavy atom. The minimum absolute atomic E-state index is 0.112. The van der Waals surface area contributed by atoms with E-state index in [-0.39, 0.29) is 31.7 Å². The summed E-state index contributed by atoms with van der Waals surface area (Å²) in [5.41, 5.74) is 5.17. The second-order valence-electron chi connectivity index (χ2n) is 11.8. The molecule has 1 aliphatic heterocycles. The second kappa shape index (κ2) is 19.7. The Balaban J connectivity index is 2.95. The molecule has 1 rings (SSSR count). The van der Waals surface area contributed by atoms with Crippen molar-refractivity contribution in [2.75, 3.05) is 13.1 Å². The zero-order valence-electron chi connectivity index (χ0n) is 27.2. The maximum Gasteiger partial charge on any atom is 0.325 e. The van der Waals surface area contributed by atoms with Gasteiger partial charge >= 0.3 is 11.9 Å². The lowest BCUT2D eigenvalue weighted by molar-refractivity contribution is -0.142. The van der Waals surface area contributed by atoms with Gasteiger partial charge in [0.05, 0.1) is 25.1 Å². The molecule has 48 heavy (non-hydrogen) atoms. The number of carbonyl (C=O) groups is 9. The second-order valence-corrected chi connectivity index (χ2v) is 11.8. The van der Waals surface area contributed by atoms with Gasteiger partial charge in [-0.3, -0.25) is 43.2 Å². The summed E-state index contributed by atoms with van der Waals surface area (Å²) in [6.45, 7) is 5.57. The zero-order valence-corrected chi connectivity index (χ0v) is 27.2. The van der Waals surface area contributed by atoms with Gasteiger partial charge in [0.2, 0.25) is 41.4 Å². The summed E-state index contributed by atoms with van der Waals surface area (Å²) in [5, 5.41) is 44.5. The first-order valence-corrected chi connectivity index (χ1v) is 15.2. The van der Waals surface area contributed by atoms with Crippen LogP contribution in [0.4, 0.5) is 0 Å². The lowest BCUT2D eigenvalue weighted by atomic mass is 10.0. The summed E-state index contributed by atoms with van der Waals surface area (Å²) in [4.78, 5) is 110. The SMILES string of the molecule is CC(C)C[C@H](NC(=O)[C@H](C)NC(=O)[C@H](CC(=O)O)NC(=O)[C@H](CCC(N)=O)NC(=O)CNC(=O)[C@@H]1C[C@@H](O)CN1)C(=O)N[C@@H](C)C(=O)O. The molecule has 7 atom stereocenters. The summed E-state index contributed by atoms with van der Waals surface area (Å²) >= 11 is 0. The molecule has 1 saturated heterocycles. The number of aliphatic carboxylic acids is 2. The number of primary amides is 1. The van der Waals surface area contributed by atoms with Crippen LogP contribution in [-0.4, -0.2) is 124 Å². The topological polar surface area (TPSA) is 325 Å². The van der Waals surface area contributed by atoms with Crippen LogP contribution in [-0.2, 0) is 43.2 Å². The molecule has 0 aromatic rings. The molecule has 0 aromatic carbocycles. The third kappa shape index (κ3) is 15.2. The van der Waals surface area contributed by atoms with Gasteiger partial charge in [0.25, 0.3) is 0 Å². The lowest BCUT2D eigenvalue weighted by Gasteiger charge is -2.25. The molecule has 0 bridgehead atoms. The van der Waals surface area contributed by atoms with Gasteiger partial charge < -0.3 is 58.3 Å². The summed E-state index contributed by atoms with van der Waals surface area (Å²) in [7, 11) is 0. The highest BCUT2D eigenvalue weighted by molar-refractivity contribution is 5.97. The van der Waals surface area contributed by atoms with Crippen molar-refractivity contribution in [2.24, 2.45) is 11.7 Å². The normalized spacial score (nSPS) is 18.6. The van der Waals surface area contributed by atoms with Crippen molar-refractivity contribution in [1.82, 2.24) is 37.2 Å². The number of nitrogens with two attached hydrogens (primary N) is 1. The van der Waals surface area contributed by atoms with Crippen LogP contribution < -0.4 is 43.0 Å². The molecule has 0 aliphatic carbocycles. The fourth-order valence-corrected chi connectivity index (χ4v) is 4.42. The van der Waals surface area contributed by atoms with Gasteiger partial charge in [0.15, 0.2) is 0 Å². The molecule has 12 N–H and O–H groups in total. The molecule has 0 unspecified atom stereocenters. The fourth-order valence-electron chi connectivity index (χ4n) is 4.42. The molecule has 1 aliphatic rings. The molecule has 7 amide bonds. The summed E-state index contributed by atoms with van der Waals surface area (Å²) in [5.74, 6) is -9.04. The monoisotopic (exact) mass is 686 g/mol. The number of carboxylic acids is 2. The molecule has 1 heterocycles. The molecule has 0 aromatic heterocycles. The molecule has 20 nitrogen and oxygen atoms in total. The van der Waals surface area contributed by atoms with Gasteiger partial charge in [-0.15, -0.1) is 0 Å². The number of hydrogen-bond donors (Lipinski definition) is 11. The van der Waals surface area contributed by atoms with Gasteiger partial charge in [-0.25, -0.2) is 0 Å². The first-order valence-electron chi connectivity index (χ1n) is 15.2. The first-order chi connectivity index (χ1) is 22.3. The van der Waals surface area contributed by atoms with E-state index in [1.165, 1.54) is 13.8 Å². The standard InChI is InChI=1S/C28H46N8O12/c1-12(2)7-18(26(45)33-14(4)28(47)48)35-23(42)13(3)32-27(46)19(9-22(40)41)36-25(44)16(5-6-20(29)38)34-21(39)11-31-24(43)17-8-15(37)10-30-17/h12-19,30,37H,5-11H2,1-4H3,(H2,29,38)(H,31,43)(H,32,46)(H,33,45)(H,34,39)(H,35,42)(H,36,44)(H,40,41)(H,47,48)/t13-,14-,15+,16-,17-,18-,19-/m0/s1. The van der Waals surface area contributed by atoms with E-state index in [4.69, 9.17) is 10.8 Å². The van der Waals surface area contributed by atoms with Crippen molar-refractivity contribution in [2.45, 2.75) is 102 Å². The Labute approximate surface area is 276 Å². The fraction of sp³-hybridized carbons (Fsp3) is 0.679. The van der Waals surface area contributed by atoms with Crippen molar-refractivity contribution < 1.29 is 58.5 Å². The van der Waals surface area contributed by atoms with Crippen LogP contribution in [0.3, 0.4) is 0 Å². The van der Waals surface area contributed by atoms with Crippen molar-refractivity contribution >= 4 is 53.3 Å². The Morgan fingerprint density at radius 3 is 1.85 bits per heavy atom. The maximum absolute atomic E-state index is 13.1. The number of carboxylic acid groups (broad SMARTS) is 2. The highest BCUT2D eigenvalue weighted by Gasteiger charge is 2.33. The smallest absolute Gasteiger partial charge is 0.325 e. The van der Waals surface area contributed by atoms with Crippen LogP contribution >= 0.6 is 0 Å². The van der Waals surface area contributed by atoms with E-state index >= 15 is 0 Å². The predicted molar refractivity (Wildman–Crippen MR) is 164 cm³/mol. The number of hydrogen-bond acceptors (Lipinski definition) is 11. The Bertz CT molecular complexity index is 1230. The molecule has 1 fully saturated rings. The Hall–Kier alpha value is -4.85. The number of aliphatic hydroxyl groups is 1. The van der Waals surface area contributed by atoms with E-state index in [1.807, 2.05) is 0 Å². The van der Waals surface area contributed by atoms with Crippen molar-refractivity contribution in [3.8, 4) is 0 Å². The van der Waals surface area contributed by atoms with E-state index in [0.29, 0.717) is 0 Å². The number of rotatable bonds is 20. The maximum atomic E-state index is 13.1. The molecule has 0 saturated carbocycles. The largest absolute Gasteiger partial charge is 0.481 e. The molecular formula is C28H46N8O12. The average molecular weight is 687 g/mol. The highest BCUT2D eigenvalue weighted by atomic mass is 16.4. The van der Waals surface area contributed by atoms with Crippen LogP contribution in [0.15, 0.2) is 0 Å². The number of β-amino-alcohol motifs (C(OH)–C–C–N with tert-alkyl or cyclic N) is 1. The van der Waals surface area contributed by atoms with Crippen LogP contribution in [0, 0.1) is 5.92 Å². The van der Waals surface area contributed by atoms with E-state index in [1.54, 1.807) is 13.8 Å². The van der Waals surface area contributed by atoms with Gasteiger partial charge in [-0.2, -0.15) is 0 Å². The Morgan fingerprint density at radius 1 is 0.771 bits per heavy atom. The number of carbonyl (C=O) groups excluding carboxylic acids is 7. The van der Waals surface area contributed by atoms with E-state index < -0.39 is 115 Å². The van der Waals surface area contributed by atoms with Crippen molar-refractivity contribution in [1.29, 1.82) is 0 Å². The minimum atomic E-state index is -1.77. The number of amides is 7. The first kappa shape index (κ1) is 41.2. The van der Waals surface area contributed by atoms with Crippen molar-refractivity contribution in [3.05, 3.63) is 0 Å². The lowest BCUT2D eigenvalue weighted by Crippen LogP contribution is -2.58. The van der Waals surface area contributed by atoms with E-state index in [9.17, 15) is 53.4 Å². The highest BCUT2D eigenvalue weighted by Crippen LogP contribution is 2.08. The molecule has 0 spiro atoms. The predicted octanol–water partition coefficient (Wildman–Crippen LogP) is -4.84. The van der Waals surface area contributed by atoms with Gasteiger partial charge in [0.1, 0.15) is 30.2 Å². The van der Waals surface area contributed by atoms with Crippen LogP contribution in [0.2, 0.25) is 0 Å². The molecule has 270 valence electrons. The summed E-state index contributed by atoms with van der Waals surface area (Å²) in [6.07, 6.45) is -2.18. The third-order valence-electron chi connectivity index (χ3n) is 7.01. The van der Waals surface area contributed by atoms with E-state index in [2.05, 4.69) is 37.2 Å². The molecule has 20 heteroatoms. The summed E-state index contributed by atoms with van der Waals surface area (Å²) < 4.78 is 0. The average Bonchev–Trinajstić information content (AvgIpc) is 3.42. The van der Waals surface area contributed by atoms with E-state index in [0.717, 1.165) is 0 Å².